The van der Waals surface area contributed by atoms with E-state index < -0.39 is 0 Å². The van der Waals surface area contributed by atoms with Crippen LogP contribution in [-0.2, 0) is 11.3 Å². The fourth-order valence-electron chi connectivity index (χ4n) is 1.71. The van der Waals surface area contributed by atoms with E-state index in [0.29, 0.717) is 13.2 Å². The molecule has 0 amide bonds. The molecule has 0 aliphatic heterocycles. The minimum atomic E-state index is 0.536. The molecule has 0 fully saturated rings. The molecule has 0 spiro atoms. The SMILES string of the molecule is CCNCCOCc1ncc(C)c(OC)c1C. The molecule has 17 heavy (non-hydrogen) atoms. The largest absolute Gasteiger partial charge is 0.496 e. The van der Waals surface area contributed by atoms with E-state index >= 15 is 0 Å². The number of aromatic nitrogens is 1. The van der Waals surface area contributed by atoms with Crippen molar-refractivity contribution in [2.75, 3.05) is 26.8 Å². The lowest BCUT2D eigenvalue weighted by Crippen LogP contribution is -2.19. The van der Waals surface area contributed by atoms with Gasteiger partial charge in [-0.2, -0.15) is 0 Å². The molecule has 0 saturated carbocycles. The van der Waals surface area contributed by atoms with Crippen LogP contribution in [0.5, 0.6) is 5.75 Å². The third-order valence-electron chi connectivity index (χ3n) is 2.66. The number of hydrogen-bond donors (Lipinski definition) is 1. The Bertz CT molecular complexity index is 354. The van der Waals surface area contributed by atoms with Crippen molar-refractivity contribution in [1.82, 2.24) is 10.3 Å². The summed E-state index contributed by atoms with van der Waals surface area (Å²) in [6.07, 6.45) is 1.83. The molecule has 1 heterocycles. The van der Waals surface area contributed by atoms with Crippen molar-refractivity contribution in [2.45, 2.75) is 27.4 Å². The Balaban J connectivity index is 2.54. The summed E-state index contributed by atoms with van der Waals surface area (Å²) in [5.41, 5.74) is 3.07. The molecule has 1 aromatic heterocycles. The van der Waals surface area contributed by atoms with Gasteiger partial charge < -0.3 is 14.8 Å². The fraction of sp³-hybridized carbons (Fsp3) is 0.615. The van der Waals surface area contributed by atoms with Crippen LogP contribution in [0.4, 0.5) is 0 Å². The van der Waals surface area contributed by atoms with Crippen LogP contribution in [0.1, 0.15) is 23.7 Å². The van der Waals surface area contributed by atoms with Crippen LogP contribution in [0.2, 0.25) is 0 Å². The van der Waals surface area contributed by atoms with Crippen molar-refractivity contribution >= 4 is 0 Å². The standard InChI is InChI=1S/C13H22N2O2/c1-5-14-6-7-17-9-12-11(3)13(16-4)10(2)8-15-12/h8,14H,5-7,9H2,1-4H3. The Kier molecular flexibility index (Phi) is 5.94. The number of aryl methyl sites for hydroxylation is 1. The first-order valence-corrected chi connectivity index (χ1v) is 5.98. The third kappa shape index (κ3) is 3.98. The normalized spacial score (nSPS) is 10.6. The lowest BCUT2D eigenvalue weighted by Gasteiger charge is -2.12. The summed E-state index contributed by atoms with van der Waals surface area (Å²) in [4.78, 5) is 4.38. The Hall–Kier alpha value is -1.13. The molecule has 0 atom stereocenters. The number of likely N-dealkylation sites (N-methyl/N-ethyl adjacent to an activating group) is 1. The van der Waals surface area contributed by atoms with Crippen LogP contribution in [0.25, 0.3) is 0 Å². The fourth-order valence-corrected chi connectivity index (χ4v) is 1.71. The van der Waals surface area contributed by atoms with Gasteiger partial charge in [-0.25, -0.2) is 0 Å². The number of hydrogen-bond acceptors (Lipinski definition) is 4. The summed E-state index contributed by atoms with van der Waals surface area (Å²) >= 11 is 0. The number of ether oxygens (including phenoxy) is 2. The molecule has 0 saturated heterocycles. The van der Waals surface area contributed by atoms with E-state index in [-0.39, 0.29) is 0 Å². The average molecular weight is 238 g/mol. The van der Waals surface area contributed by atoms with E-state index in [9.17, 15) is 0 Å². The summed E-state index contributed by atoms with van der Waals surface area (Å²) in [6.45, 7) is 9.17. The predicted molar refractivity (Wildman–Crippen MR) is 68.5 cm³/mol. The van der Waals surface area contributed by atoms with Crippen molar-refractivity contribution in [3.63, 3.8) is 0 Å². The van der Waals surface area contributed by atoms with Gasteiger partial charge in [0.2, 0.25) is 0 Å². The van der Waals surface area contributed by atoms with Crippen molar-refractivity contribution < 1.29 is 9.47 Å². The second-order valence-corrected chi connectivity index (χ2v) is 3.95. The molecular weight excluding hydrogens is 216 g/mol. The van der Waals surface area contributed by atoms with Crippen molar-refractivity contribution in [1.29, 1.82) is 0 Å². The summed E-state index contributed by atoms with van der Waals surface area (Å²) < 4.78 is 10.9. The highest BCUT2D eigenvalue weighted by atomic mass is 16.5. The minimum absolute atomic E-state index is 0.536. The molecule has 1 rings (SSSR count). The van der Waals surface area contributed by atoms with Gasteiger partial charge in [-0.3, -0.25) is 4.98 Å². The van der Waals surface area contributed by atoms with Gasteiger partial charge in [0, 0.05) is 23.9 Å². The Labute approximate surface area is 103 Å². The minimum Gasteiger partial charge on any atom is -0.496 e. The monoisotopic (exact) mass is 238 g/mol. The molecule has 1 aromatic rings. The highest BCUT2D eigenvalue weighted by molar-refractivity contribution is 5.40. The molecule has 0 aliphatic rings. The number of nitrogens with one attached hydrogen (secondary N) is 1. The predicted octanol–water partition coefficient (Wildman–Crippen LogP) is 1.83. The lowest BCUT2D eigenvalue weighted by atomic mass is 10.1. The van der Waals surface area contributed by atoms with Crippen LogP contribution in [0.15, 0.2) is 6.20 Å². The Morgan fingerprint density at radius 2 is 2.12 bits per heavy atom. The molecule has 4 nitrogen and oxygen atoms in total. The third-order valence-corrected chi connectivity index (χ3v) is 2.66. The summed E-state index contributed by atoms with van der Waals surface area (Å²) in [6, 6.07) is 0. The molecular formula is C13H22N2O2. The maximum Gasteiger partial charge on any atom is 0.128 e. The zero-order chi connectivity index (χ0) is 12.7. The maximum absolute atomic E-state index is 5.56. The second-order valence-electron chi connectivity index (χ2n) is 3.95. The Morgan fingerprint density at radius 1 is 1.35 bits per heavy atom. The molecule has 4 heteroatoms. The maximum atomic E-state index is 5.56. The molecule has 0 aliphatic carbocycles. The van der Waals surface area contributed by atoms with Gasteiger partial charge in [-0.05, 0) is 20.4 Å². The zero-order valence-electron chi connectivity index (χ0n) is 11.2. The molecule has 96 valence electrons. The first kappa shape index (κ1) is 13.9. The van der Waals surface area contributed by atoms with E-state index in [1.165, 1.54) is 0 Å². The molecule has 0 radical (unpaired) electrons. The van der Waals surface area contributed by atoms with E-state index in [1.54, 1.807) is 7.11 Å². The number of pyridine rings is 1. The van der Waals surface area contributed by atoms with Crippen molar-refractivity contribution in [3.8, 4) is 5.75 Å². The number of rotatable bonds is 7. The van der Waals surface area contributed by atoms with Gasteiger partial charge in [0.05, 0.1) is 26.0 Å². The smallest absolute Gasteiger partial charge is 0.128 e. The van der Waals surface area contributed by atoms with E-state index in [4.69, 9.17) is 9.47 Å². The number of nitrogens with zero attached hydrogens (tertiary/aromatic N) is 1. The van der Waals surface area contributed by atoms with Gasteiger partial charge in [0.15, 0.2) is 0 Å². The summed E-state index contributed by atoms with van der Waals surface area (Å²) in [5, 5.41) is 3.21. The summed E-state index contributed by atoms with van der Waals surface area (Å²) in [5.74, 6) is 0.908. The molecule has 0 unspecified atom stereocenters. The van der Waals surface area contributed by atoms with E-state index in [2.05, 4.69) is 17.2 Å². The lowest BCUT2D eigenvalue weighted by molar-refractivity contribution is 0.120. The van der Waals surface area contributed by atoms with E-state index in [0.717, 1.165) is 35.7 Å². The first-order chi connectivity index (χ1) is 8.20. The van der Waals surface area contributed by atoms with Crippen LogP contribution in [-0.4, -0.2) is 31.8 Å². The average Bonchev–Trinajstić information content (AvgIpc) is 2.32. The highest BCUT2D eigenvalue weighted by Crippen LogP contribution is 2.24. The van der Waals surface area contributed by atoms with Gasteiger partial charge >= 0.3 is 0 Å². The molecule has 0 bridgehead atoms. The first-order valence-electron chi connectivity index (χ1n) is 5.98. The van der Waals surface area contributed by atoms with Crippen LogP contribution in [0, 0.1) is 13.8 Å². The second kappa shape index (κ2) is 7.25. The molecule has 0 aromatic carbocycles. The highest BCUT2D eigenvalue weighted by Gasteiger charge is 2.08. The van der Waals surface area contributed by atoms with Crippen LogP contribution in [0.3, 0.4) is 0 Å². The van der Waals surface area contributed by atoms with Crippen molar-refractivity contribution in [3.05, 3.63) is 23.0 Å². The summed E-state index contributed by atoms with van der Waals surface area (Å²) in [7, 11) is 1.69. The van der Waals surface area contributed by atoms with Gasteiger partial charge in [0.25, 0.3) is 0 Å². The zero-order valence-corrected chi connectivity index (χ0v) is 11.2. The van der Waals surface area contributed by atoms with Gasteiger partial charge in [0.1, 0.15) is 5.75 Å². The Morgan fingerprint density at radius 3 is 2.76 bits per heavy atom. The van der Waals surface area contributed by atoms with Gasteiger partial charge in [-0.1, -0.05) is 6.92 Å². The van der Waals surface area contributed by atoms with Crippen LogP contribution < -0.4 is 10.1 Å². The van der Waals surface area contributed by atoms with Gasteiger partial charge in [-0.15, -0.1) is 0 Å². The van der Waals surface area contributed by atoms with Crippen molar-refractivity contribution in [2.24, 2.45) is 0 Å². The van der Waals surface area contributed by atoms with E-state index in [1.807, 2.05) is 20.0 Å². The quantitative estimate of drug-likeness (QED) is 0.736. The topological polar surface area (TPSA) is 43.4 Å². The number of methoxy groups -OCH3 is 1. The van der Waals surface area contributed by atoms with Crippen LogP contribution >= 0.6 is 0 Å². The molecule has 1 N–H and O–H groups in total.